The van der Waals surface area contributed by atoms with Gasteiger partial charge < -0.3 is 14.8 Å². The number of rotatable bonds is 8. The van der Waals surface area contributed by atoms with E-state index in [1.165, 1.54) is 36.0 Å². The van der Waals surface area contributed by atoms with Crippen molar-refractivity contribution in [3.8, 4) is 0 Å². The molecule has 0 aliphatic heterocycles. The minimum absolute atomic E-state index is 0.0267. The van der Waals surface area contributed by atoms with Crippen LogP contribution in [-0.2, 0) is 26.7 Å². The molecule has 3 rings (SSSR count). The van der Waals surface area contributed by atoms with Crippen LogP contribution in [0.3, 0.4) is 0 Å². The van der Waals surface area contributed by atoms with Gasteiger partial charge in [-0.25, -0.2) is 8.42 Å². The molecular weight excluding hydrogens is 398 g/mol. The van der Waals surface area contributed by atoms with Crippen molar-refractivity contribution in [2.45, 2.75) is 23.3 Å². The first-order valence-corrected chi connectivity index (χ1v) is 11.4. The van der Waals surface area contributed by atoms with E-state index in [2.05, 4.69) is 5.32 Å². The number of sulfone groups is 1. The second-order valence-corrected chi connectivity index (χ2v) is 9.51. The van der Waals surface area contributed by atoms with Crippen molar-refractivity contribution in [3.05, 3.63) is 76.4 Å². The van der Waals surface area contributed by atoms with Gasteiger partial charge in [0.25, 0.3) is 0 Å². The molecule has 1 atom stereocenters. The van der Waals surface area contributed by atoms with E-state index in [0.717, 1.165) is 11.8 Å². The van der Waals surface area contributed by atoms with Crippen LogP contribution in [-0.4, -0.2) is 32.2 Å². The summed E-state index contributed by atoms with van der Waals surface area (Å²) in [5.74, 6) is -0.203. The molecule has 0 bridgehead atoms. The molecule has 0 saturated carbocycles. The summed E-state index contributed by atoms with van der Waals surface area (Å²) >= 11 is 1.40. The Balaban J connectivity index is 1.60. The summed E-state index contributed by atoms with van der Waals surface area (Å²) in [5.41, 5.74) is 0.0889. The second kappa shape index (κ2) is 8.30. The highest BCUT2D eigenvalue weighted by molar-refractivity contribution is 7.90. The normalized spacial score (nSPS) is 13.8. The summed E-state index contributed by atoms with van der Waals surface area (Å²) < 4.78 is 28.1. The second-order valence-electron chi connectivity index (χ2n) is 6.54. The summed E-state index contributed by atoms with van der Waals surface area (Å²) in [4.78, 5) is 13.3. The van der Waals surface area contributed by atoms with Crippen molar-refractivity contribution >= 4 is 27.1 Å². The van der Waals surface area contributed by atoms with Gasteiger partial charge in [-0.3, -0.25) is 4.79 Å². The van der Waals surface area contributed by atoms with Gasteiger partial charge >= 0.3 is 0 Å². The van der Waals surface area contributed by atoms with Gasteiger partial charge in [-0.2, -0.15) is 0 Å². The fourth-order valence-corrected chi connectivity index (χ4v) is 4.30. The van der Waals surface area contributed by atoms with Crippen LogP contribution in [0.25, 0.3) is 0 Å². The number of carbonyl (C=O) groups excluding carboxylic acids is 1. The molecule has 28 heavy (non-hydrogen) atoms. The highest BCUT2D eigenvalue weighted by Crippen LogP contribution is 2.32. The van der Waals surface area contributed by atoms with Crippen LogP contribution < -0.4 is 5.32 Å². The molecule has 6 nitrogen and oxygen atoms in total. The molecule has 2 heterocycles. The predicted molar refractivity (Wildman–Crippen MR) is 107 cm³/mol. The lowest BCUT2D eigenvalue weighted by Gasteiger charge is -2.26. The van der Waals surface area contributed by atoms with E-state index in [-0.39, 0.29) is 23.8 Å². The maximum Gasteiger partial charge on any atom is 0.220 e. The standard InChI is InChI=1S/C20H21NO5S2/c1-28(24,25)17-7-4-15(5-8-17)6-9-19(22)21-14-20(23,16-10-11-26-13-16)18-3-2-12-27-18/h2-5,7-8,10-13,23H,6,9,14H2,1H3,(H,21,22). The van der Waals surface area contributed by atoms with E-state index >= 15 is 0 Å². The smallest absolute Gasteiger partial charge is 0.220 e. The van der Waals surface area contributed by atoms with Crippen LogP contribution in [0, 0.1) is 0 Å². The van der Waals surface area contributed by atoms with E-state index in [4.69, 9.17) is 4.42 Å². The quantitative estimate of drug-likeness (QED) is 0.585. The number of aryl methyl sites for hydroxylation is 1. The topological polar surface area (TPSA) is 96.6 Å². The van der Waals surface area contributed by atoms with E-state index in [1.54, 1.807) is 18.2 Å². The van der Waals surface area contributed by atoms with Gasteiger partial charge in [-0.15, -0.1) is 11.3 Å². The Bertz CT molecular complexity index is 973. The lowest BCUT2D eigenvalue weighted by Crippen LogP contribution is -2.41. The molecule has 1 amide bonds. The number of nitrogens with one attached hydrogen (secondary N) is 1. The average Bonchev–Trinajstić information content (AvgIpc) is 3.38. The zero-order chi connectivity index (χ0) is 20.2. The maximum atomic E-state index is 12.3. The Labute approximate surface area is 167 Å². The van der Waals surface area contributed by atoms with E-state index < -0.39 is 15.4 Å². The largest absolute Gasteiger partial charge is 0.472 e. The summed E-state index contributed by atoms with van der Waals surface area (Å²) in [6.45, 7) is 0.0267. The van der Waals surface area contributed by atoms with Gasteiger partial charge in [-0.05, 0) is 41.6 Å². The summed E-state index contributed by atoms with van der Waals surface area (Å²) in [6, 6.07) is 11.8. The number of hydrogen-bond donors (Lipinski definition) is 2. The molecule has 2 N–H and O–H groups in total. The molecule has 0 aliphatic rings. The molecule has 1 unspecified atom stereocenters. The molecule has 0 spiro atoms. The Hall–Kier alpha value is -2.42. The number of thiophene rings is 1. The fraction of sp³-hybridized carbons (Fsp3) is 0.250. The summed E-state index contributed by atoms with van der Waals surface area (Å²) in [7, 11) is -3.23. The number of amides is 1. The van der Waals surface area contributed by atoms with Gasteiger partial charge in [-0.1, -0.05) is 18.2 Å². The van der Waals surface area contributed by atoms with Crippen LogP contribution in [0.5, 0.6) is 0 Å². The molecule has 148 valence electrons. The van der Waals surface area contributed by atoms with Crippen LogP contribution in [0.4, 0.5) is 0 Å². The van der Waals surface area contributed by atoms with Crippen LogP contribution in [0.2, 0.25) is 0 Å². The van der Waals surface area contributed by atoms with Crippen LogP contribution in [0.15, 0.2) is 69.7 Å². The first-order valence-electron chi connectivity index (χ1n) is 8.64. The lowest BCUT2D eigenvalue weighted by atomic mass is 9.94. The van der Waals surface area contributed by atoms with E-state index in [0.29, 0.717) is 16.9 Å². The van der Waals surface area contributed by atoms with Crippen molar-refractivity contribution in [3.63, 3.8) is 0 Å². The molecule has 8 heteroatoms. The fourth-order valence-electron chi connectivity index (χ4n) is 2.82. The van der Waals surface area contributed by atoms with Crippen molar-refractivity contribution in [2.24, 2.45) is 0 Å². The molecule has 0 aliphatic carbocycles. The maximum absolute atomic E-state index is 12.3. The highest BCUT2D eigenvalue weighted by atomic mass is 32.2. The third kappa shape index (κ3) is 4.70. The summed E-state index contributed by atoms with van der Waals surface area (Å²) in [6.07, 6.45) is 4.80. The van der Waals surface area contributed by atoms with Gasteiger partial charge in [0.05, 0.1) is 24.0 Å². The first-order chi connectivity index (χ1) is 13.3. The lowest BCUT2D eigenvalue weighted by molar-refractivity contribution is -0.122. The Morgan fingerprint density at radius 1 is 1.21 bits per heavy atom. The monoisotopic (exact) mass is 419 g/mol. The van der Waals surface area contributed by atoms with Gasteiger partial charge in [0.1, 0.15) is 5.60 Å². The molecule has 0 fully saturated rings. The van der Waals surface area contributed by atoms with E-state index in [9.17, 15) is 18.3 Å². The van der Waals surface area contributed by atoms with Gasteiger partial charge in [0.15, 0.2) is 9.84 Å². The van der Waals surface area contributed by atoms with Crippen LogP contribution >= 0.6 is 11.3 Å². The first kappa shape index (κ1) is 20.3. The van der Waals surface area contributed by atoms with Crippen molar-refractivity contribution in [2.75, 3.05) is 12.8 Å². The Morgan fingerprint density at radius 2 is 1.96 bits per heavy atom. The molecular formula is C20H21NO5S2. The Morgan fingerprint density at radius 3 is 2.54 bits per heavy atom. The van der Waals surface area contributed by atoms with E-state index in [1.807, 2.05) is 17.5 Å². The van der Waals surface area contributed by atoms with Crippen molar-refractivity contribution in [1.82, 2.24) is 5.32 Å². The summed E-state index contributed by atoms with van der Waals surface area (Å²) in [5, 5.41) is 15.8. The predicted octanol–water partition coefficient (Wildman–Crippen LogP) is 2.73. The van der Waals surface area contributed by atoms with Crippen molar-refractivity contribution in [1.29, 1.82) is 0 Å². The minimum Gasteiger partial charge on any atom is -0.472 e. The van der Waals surface area contributed by atoms with Crippen LogP contribution in [0.1, 0.15) is 22.4 Å². The molecule has 2 aromatic heterocycles. The third-order valence-electron chi connectivity index (χ3n) is 4.46. The zero-order valence-electron chi connectivity index (χ0n) is 15.3. The third-order valence-corrected chi connectivity index (χ3v) is 6.61. The highest BCUT2D eigenvalue weighted by Gasteiger charge is 2.34. The van der Waals surface area contributed by atoms with Gasteiger partial charge in [0.2, 0.25) is 5.91 Å². The Kier molecular flexibility index (Phi) is 6.02. The molecule has 3 aromatic rings. The number of benzene rings is 1. The SMILES string of the molecule is CS(=O)(=O)c1ccc(CCC(=O)NCC(O)(c2ccoc2)c2cccs2)cc1. The van der Waals surface area contributed by atoms with Gasteiger partial charge in [0, 0.05) is 23.1 Å². The molecule has 1 aromatic carbocycles. The minimum atomic E-state index is -3.23. The number of aliphatic hydroxyl groups is 1. The molecule has 0 saturated heterocycles. The molecule has 0 radical (unpaired) electrons. The number of hydrogen-bond acceptors (Lipinski definition) is 6. The zero-order valence-corrected chi connectivity index (χ0v) is 16.9. The average molecular weight is 420 g/mol. The number of furan rings is 1. The number of carbonyl (C=O) groups is 1. The van der Waals surface area contributed by atoms with Crippen molar-refractivity contribution < 1.29 is 22.7 Å².